The molecule has 1 unspecified atom stereocenters. The van der Waals surface area contributed by atoms with Gasteiger partial charge in [-0.05, 0) is 0 Å². The fourth-order valence-electron chi connectivity index (χ4n) is 2.18. The third-order valence-electron chi connectivity index (χ3n) is 3.49. The molecule has 1 atom stereocenters. The molecule has 2 nitrogen and oxygen atoms in total. The van der Waals surface area contributed by atoms with Crippen molar-refractivity contribution in [2.75, 3.05) is 0 Å². The molecule has 0 aliphatic carbocycles. The zero-order valence-corrected chi connectivity index (χ0v) is 16.9. The van der Waals surface area contributed by atoms with Crippen molar-refractivity contribution in [1.29, 1.82) is 0 Å². The molecular formula is C19H19FeO2SSe. The van der Waals surface area contributed by atoms with Crippen molar-refractivity contribution in [1.82, 2.24) is 0 Å². The van der Waals surface area contributed by atoms with Crippen molar-refractivity contribution in [3.8, 4) is 0 Å². The minimum Gasteiger partial charge on any atom is -0.214 e. The molecule has 3 aromatic rings. The summed E-state index contributed by atoms with van der Waals surface area (Å²) in [7, 11) is -3.32. The van der Waals surface area contributed by atoms with E-state index in [1.54, 1.807) is 12.1 Å². The van der Waals surface area contributed by atoms with E-state index in [4.69, 9.17) is 0 Å². The molecule has 5 heteroatoms. The molecule has 0 saturated heterocycles. The van der Waals surface area contributed by atoms with Crippen LogP contribution < -0.4 is 0 Å². The second kappa shape index (κ2) is 10.0. The van der Waals surface area contributed by atoms with E-state index in [9.17, 15) is 8.42 Å². The largest absolute Gasteiger partial charge is 2.00 e. The van der Waals surface area contributed by atoms with E-state index in [0.717, 1.165) is 11.1 Å². The topological polar surface area (TPSA) is 34.1 Å². The summed E-state index contributed by atoms with van der Waals surface area (Å²) in [5.74, 6) is 0. The number of rotatable bonds is 4. The Balaban J connectivity index is 0.000000412. The first-order valence-corrected chi connectivity index (χ1v) is 10.1. The molecule has 0 amide bonds. The molecule has 1 radical (unpaired) electrons. The fourth-order valence-corrected chi connectivity index (χ4v) is 5.25. The van der Waals surface area contributed by atoms with Gasteiger partial charge >= 0.3 is 133 Å². The van der Waals surface area contributed by atoms with Crippen molar-refractivity contribution in [3.63, 3.8) is 0 Å². The number of hydrogen-bond acceptors (Lipinski definition) is 2. The van der Waals surface area contributed by atoms with Crippen LogP contribution in [0.15, 0.2) is 83.8 Å². The van der Waals surface area contributed by atoms with E-state index in [1.807, 2.05) is 73.7 Å². The second-order valence-electron chi connectivity index (χ2n) is 5.19. The van der Waals surface area contributed by atoms with Gasteiger partial charge in [0.05, 0.1) is 0 Å². The summed E-state index contributed by atoms with van der Waals surface area (Å²) in [4.78, 5) is 0.384. The summed E-state index contributed by atoms with van der Waals surface area (Å²) in [6, 6.07) is 24.4. The number of benzene rings is 1. The quantitative estimate of drug-likeness (QED) is 0.445. The monoisotopic (exact) mass is 447 g/mol. The Kier molecular flexibility index (Phi) is 8.75. The van der Waals surface area contributed by atoms with Crippen molar-refractivity contribution in [2.24, 2.45) is 0 Å². The molecule has 0 spiro atoms. The minimum absolute atomic E-state index is 0. The van der Waals surface area contributed by atoms with E-state index in [0.29, 0.717) is 10.2 Å². The molecule has 0 bridgehead atoms. The Labute approximate surface area is 163 Å². The normalized spacial score (nSPS) is 11.8. The molecule has 3 rings (SSSR count). The van der Waals surface area contributed by atoms with Gasteiger partial charge in [0.1, 0.15) is 0 Å². The molecule has 0 N–H and O–H groups in total. The molecule has 0 fully saturated rings. The van der Waals surface area contributed by atoms with Gasteiger partial charge in [-0.1, -0.05) is 0 Å². The van der Waals surface area contributed by atoms with Gasteiger partial charge in [0.2, 0.25) is 0 Å². The fraction of sp³-hybridized carbons (Fsp3) is 0.158. The summed E-state index contributed by atoms with van der Waals surface area (Å²) < 4.78 is 25.1. The predicted octanol–water partition coefficient (Wildman–Crippen LogP) is 4.22. The Morgan fingerprint density at radius 2 is 1.58 bits per heavy atom. The smallest absolute Gasteiger partial charge is 0.214 e. The maximum Gasteiger partial charge on any atom is 2.00 e. The average Bonchev–Trinajstić information content (AvgIpc) is 3.25. The van der Waals surface area contributed by atoms with E-state index < -0.39 is 15.1 Å². The van der Waals surface area contributed by atoms with Crippen molar-refractivity contribution in [3.05, 3.63) is 90.0 Å². The van der Waals surface area contributed by atoms with Gasteiger partial charge in [0.25, 0.3) is 0 Å². The molecule has 127 valence electrons. The standard InChI is InChI=1S/C14H14O2SSe.C5H5.Fe/c1-11-6-8-13(9-7-11)17(15,16)14(10-18)12-4-2-3-5-12;1-2-4-5-3-1;/h2-9,14H,10H2,1H3;1-5H;/q2*-1;+2. The van der Waals surface area contributed by atoms with Crippen LogP contribution in [-0.2, 0) is 26.9 Å². The van der Waals surface area contributed by atoms with E-state index in [1.165, 1.54) is 0 Å². The summed E-state index contributed by atoms with van der Waals surface area (Å²) in [5, 5.41) is -0.0459. The molecule has 24 heavy (non-hydrogen) atoms. The predicted molar refractivity (Wildman–Crippen MR) is 95.7 cm³/mol. The summed E-state index contributed by atoms with van der Waals surface area (Å²) >= 11 is 2.84. The number of aryl methyl sites for hydroxylation is 1. The Morgan fingerprint density at radius 3 is 2.00 bits per heavy atom. The molecular weight excluding hydrogens is 427 g/mol. The van der Waals surface area contributed by atoms with E-state index in [2.05, 4.69) is 16.0 Å². The number of sulfone groups is 1. The van der Waals surface area contributed by atoms with Crippen molar-refractivity contribution in [2.45, 2.75) is 22.4 Å². The maximum atomic E-state index is 12.6. The Hall–Kier alpha value is -1.09. The van der Waals surface area contributed by atoms with Gasteiger partial charge in [-0.25, -0.2) is 12.1 Å². The van der Waals surface area contributed by atoms with Crippen LogP contribution in [0.2, 0.25) is 5.32 Å². The van der Waals surface area contributed by atoms with Gasteiger partial charge in [-0.3, -0.25) is 0 Å². The van der Waals surface area contributed by atoms with Crippen LogP contribution >= 0.6 is 0 Å². The van der Waals surface area contributed by atoms with Crippen molar-refractivity contribution < 1.29 is 25.5 Å². The van der Waals surface area contributed by atoms with Crippen LogP contribution in [0, 0.1) is 6.92 Å². The first-order valence-electron chi connectivity index (χ1n) is 7.32. The van der Waals surface area contributed by atoms with Crippen molar-refractivity contribution >= 4 is 25.8 Å². The third-order valence-corrected chi connectivity index (χ3v) is 6.78. The maximum absolute atomic E-state index is 12.6. The third kappa shape index (κ3) is 5.47. The van der Waals surface area contributed by atoms with Gasteiger partial charge in [-0.2, -0.15) is 18.2 Å². The summed E-state index contributed by atoms with van der Waals surface area (Å²) in [6.07, 6.45) is 0. The molecule has 0 aliphatic rings. The SMILES string of the molecule is Cc1ccc(S(=O)(=O)C(C[Se])[c-]2cccc2)cc1.[Fe+2].c1cc[cH-]c1. The van der Waals surface area contributed by atoms with Crippen LogP contribution in [0.4, 0.5) is 0 Å². The first-order chi connectivity index (χ1) is 11.1. The van der Waals surface area contributed by atoms with E-state index >= 15 is 0 Å². The van der Waals surface area contributed by atoms with Crippen LogP contribution in [0.3, 0.4) is 0 Å². The van der Waals surface area contributed by atoms with Crippen LogP contribution in [-0.4, -0.2) is 24.4 Å². The average molecular weight is 446 g/mol. The van der Waals surface area contributed by atoms with Crippen LogP contribution in [0.25, 0.3) is 0 Å². The Bertz CT molecular complexity index is 759. The molecule has 0 saturated carbocycles. The number of hydrogen-bond donors (Lipinski definition) is 0. The zero-order valence-electron chi connectivity index (χ0n) is 13.3. The van der Waals surface area contributed by atoms with Gasteiger partial charge in [0, 0.05) is 0 Å². The molecule has 0 heterocycles. The Morgan fingerprint density at radius 1 is 1.04 bits per heavy atom. The summed E-state index contributed by atoms with van der Waals surface area (Å²) in [6.45, 7) is 1.94. The van der Waals surface area contributed by atoms with E-state index in [-0.39, 0.29) is 17.1 Å². The zero-order chi connectivity index (χ0) is 16.7. The molecule has 0 aromatic heterocycles. The second-order valence-corrected chi connectivity index (χ2v) is 8.02. The minimum atomic E-state index is -3.32. The first kappa shape index (κ1) is 21.0. The summed E-state index contributed by atoms with van der Waals surface area (Å²) in [5.41, 5.74) is 1.90. The van der Waals surface area contributed by atoms with Crippen LogP contribution in [0.5, 0.6) is 0 Å². The van der Waals surface area contributed by atoms with Gasteiger partial charge in [0.15, 0.2) is 0 Å². The van der Waals surface area contributed by atoms with Gasteiger partial charge < -0.3 is 0 Å². The molecule has 0 aliphatic heterocycles. The van der Waals surface area contributed by atoms with Crippen LogP contribution in [0.1, 0.15) is 16.4 Å². The van der Waals surface area contributed by atoms with Gasteiger partial charge in [-0.15, -0.1) is 0 Å². The molecule has 3 aromatic carbocycles.